The van der Waals surface area contributed by atoms with E-state index in [0.717, 1.165) is 10.0 Å². The van der Waals surface area contributed by atoms with E-state index in [2.05, 4.69) is 20.9 Å². The molecule has 2 aliphatic rings. The minimum atomic E-state index is -0.567. The third-order valence-corrected chi connectivity index (χ3v) is 5.47. The van der Waals surface area contributed by atoms with Gasteiger partial charge in [-0.1, -0.05) is 15.9 Å². The van der Waals surface area contributed by atoms with E-state index in [1.54, 1.807) is 44.6 Å². The summed E-state index contributed by atoms with van der Waals surface area (Å²) in [4.78, 5) is 17.2. The summed E-state index contributed by atoms with van der Waals surface area (Å²) < 4.78 is 28.4. The predicted molar refractivity (Wildman–Crippen MR) is 121 cm³/mol. The Morgan fingerprint density at radius 1 is 0.969 bits per heavy atom. The third-order valence-electron chi connectivity index (χ3n) is 4.98. The number of benzene rings is 2. The van der Waals surface area contributed by atoms with Crippen LogP contribution in [0.5, 0.6) is 17.2 Å². The van der Waals surface area contributed by atoms with E-state index in [0.29, 0.717) is 39.9 Å². The number of fused-ring (bicyclic) bond motifs is 1. The molecule has 160 valence electrons. The molecule has 2 aromatic carbocycles. The summed E-state index contributed by atoms with van der Waals surface area (Å²) in [6.45, 7) is 0. The molecule has 0 aliphatic carbocycles. The number of halogens is 1. The summed E-state index contributed by atoms with van der Waals surface area (Å²) in [7, 11) is 3.14. The summed E-state index contributed by atoms with van der Waals surface area (Å²) >= 11 is 3.48. The highest BCUT2D eigenvalue weighted by Crippen LogP contribution is 2.42. The van der Waals surface area contributed by atoms with Crippen LogP contribution in [-0.4, -0.2) is 26.1 Å². The van der Waals surface area contributed by atoms with Crippen LogP contribution in [0.15, 0.2) is 80.4 Å². The van der Waals surface area contributed by atoms with E-state index in [1.807, 2.05) is 24.3 Å². The van der Waals surface area contributed by atoms with Gasteiger partial charge in [-0.15, -0.1) is 0 Å². The monoisotopic (exact) mass is 493 g/mol. The Kier molecular flexibility index (Phi) is 5.07. The lowest BCUT2D eigenvalue weighted by Crippen LogP contribution is -2.08. The SMILES string of the molecule is COc1ccc(C2=CC(=C3N=C(c4ccco4)OC3=O)c3cc(Br)ccc3O2)cc1OC. The van der Waals surface area contributed by atoms with Gasteiger partial charge in [0.25, 0.3) is 5.90 Å². The average molecular weight is 494 g/mol. The van der Waals surface area contributed by atoms with E-state index in [1.165, 1.54) is 6.26 Å². The zero-order valence-corrected chi connectivity index (χ0v) is 18.6. The summed E-state index contributed by atoms with van der Waals surface area (Å²) in [5.74, 6) is 2.19. The van der Waals surface area contributed by atoms with Gasteiger partial charge >= 0.3 is 5.97 Å². The molecule has 0 fully saturated rings. The molecule has 0 atom stereocenters. The zero-order valence-electron chi connectivity index (χ0n) is 17.0. The molecule has 0 amide bonds. The van der Waals surface area contributed by atoms with Crippen molar-refractivity contribution in [3.05, 3.63) is 87.9 Å². The molecule has 0 unspecified atom stereocenters. The van der Waals surface area contributed by atoms with Crippen LogP contribution >= 0.6 is 15.9 Å². The normalized spacial score (nSPS) is 17.2. The summed E-state index contributed by atoms with van der Waals surface area (Å²) in [6.07, 6.45) is 3.26. The maximum atomic E-state index is 12.7. The van der Waals surface area contributed by atoms with Crippen LogP contribution in [0.1, 0.15) is 16.9 Å². The predicted octanol–water partition coefficient (Wildman–Crippen LogP) is 5.21. The van der Waals surface area contributed by atoms with Gasteiger partial charge < -0.3 is 23.4 Å². The van der Waals surface area contributed by atoms with E-state index in [9.17, 15) is 4.79 Å². The molecule has 0 saturated carbocycles. The lowest BCUT2D eigenvalue weighted by Gasteiger charge is -2.21. The van der Waals surface area contributed by atoms with Gasteiger partial charge in [0.1, 0.15) is 11.5 Å². The fraction of sp³-hybridized carbons (Fsp3) is 0.0833. The molecule has 0 spiro atoms. The largest absolute Gasteiger partial charge is 0.493 e. The quantitative estimate of drug-likeness (QED) is 0.366. The van der Waals surface area contributed by atoms with Crippen molar-refractivity contribution in [3.8, 4) is 17.2 Å². The van der Waals surface area contributed by atoms with Crippen LogP contribution in [0.25, 0.3) is 11.3 Å². The third kappa shape index (κ3) is 3.48. The average Bonchev–Trinajstić information content (AvgIpc) is 3.48. The lowest BCUT2D eigenvalue weighted by molar-refractivity contribution is -0.130. The number of carbonyl (C=O) groups excluding carboxylic acids is 1. The number of allylic oxidation sites excluding steroid dienone is 2. The molecular formula is C24H16BrNO6. The maximum absolute atomic E-state index is 12.7. The summed E-state index contributed by atoms with van der Waals surface area (Å²) in [5.41, 5.74) is 2.19. The van der Waals surface area contributed by atoms with Crippen molar-refractivity contribution in [2.45, 2.75) is 0 Å². The fourth-order valence-electron chi connectivity index (χ4n) is 3.47. The van der Waals surface area contributed by atoms with Gasteiger partial charge in [-0.3, -0.25) is 0 Å². The highest BCUT2D eigenvalue weighted by Gasteiger charge is 2.32. The Morgan fingerprint density at radius 2 is 1.81 bits per heavy atom. The number of carbonyl (C=O) groups is 1. The maximum Gasteiger partial charge on any atom is 0.364 e. The molecule has 5 rings (SSSR count). The van der Waals surface area contributed by atoms with Crippen molar-refractivity contribution in [1.29, 1.82) is 0 Å². The van der Waals surface area contributed by atoms with Gasteiger partial charge in [-0.05, 0) is 54.6 Å². The van der Waals surface area contributed by atoms with Crippen LogP contribution in [0.2, 0.25) is 0 Å². The van der Waals surface area contributed by atoms with Crippen LogP contribution in [-0.2, 0) is 9.53 Å². The van der Waals surface area contributed by atoms with E-state index in [-0.39, 0.29) is 11.6 Å². The second-order valence-corrected chi connectivity index (χ2v) is 7.78. The van der Waals surface area contributed by atoms with Crippen LogP contribution in [0, 0.1) is 0 Å². The van der Waals surface area contributed by atoms with Gasteiger partial charge in [0.05, 0.1) is 20.5 Å². The second kappa shape index (κ2) is 8.05. The van der Waals surface area contributed by atoms with Gasteiger partial charge in [0.15, 0.2) is 23.0 Å². The number of hydrogen-bond acceptors (Lipinski definition) is 7. The highest BCUT2D eigenvalue weighted by molar-refractivity contribution is 9.10. The number of furan rings is 1. The van der Waals surface area contributed by atoms with Gasteiger partial charge in [-0.2, -0.15) is 0 Å². The first-order chi connectivity index (χ1) is 15.6. The van der Waals surface area contributed by atoms with Crippen LogP contribution in [0.3, 0.4) is 0 Å². The van der Waals surface area contributed by atoms with Crippen LogP contribution in [0.4, 0.5) is 0 Å². The number of nitrogens with zero attached hydrogens (tertiary/aromatic N) is 1. The molecule has 0 bridgehead atoms. The van der Waals surface area contributed by atoms with E-state index in [4.69, 9.17) is 23.4 Å². The number of esters is 1. The topological polar surface area (TPSA) is 79.5 Å². The number of aliphatic imine (C=N–C) groups is 1. The minimum Gasteiger partial charge on any atom is -0.493 e. The first-order valence-corrected chi connectivity index (χ1v) is 10.4. The number of hydrogen-bond donors (Lipinski definition) is 0. The van der Waals surface area contributed by atoms with Crippen molar-refractivity contribution < 1.29 is 28.2 Å². The molecule has 0 saturated heterocycles. The molecule has 0 radical (unpaired) electrons. The van der Waals surface area contributed by atoms with E-state index >= 15 is 0 Å². The first-order valence-electron chi connectivity index (χ1n) is 9.58. The van der Waals surface area contributed by atoms with Crippen molar-refractivity contribution in [3.63, 3.8) is 0 Å². The zero-order chi connectivity index (χ0) is 22.2. The van der Waals surface area contributed by atoms with Crippen molar-refractivity contribution in [2.24, 2.45) is 4.99 Å². The molecule has 8 heteroatoms. The molecule has 3 aromatic rings. The Hall–Kier alpha value is -3.78. The van der Waals surface area contributed by atoms with Gasteiger partial charge in [0.2, 0.25) is 0 Å². The smallest absolute Gasteiger partial charge is 0.364 e. The molecular weight excluding hydrogens is 478 g/mol. The molecule has 7 nitrogen and oxygen atoms in total. The number of ether oxygens (including phenoxy) is 4. The van der Waals surface area contributed by atoms with Crippen molar-refractivity contribution in [2.75, 3.05) is 14.2 Å². The van der Waals surface area contributed by atoms with Gasteiger partial charge in [-0.25, -0.2) is 9.79 Å². The Balaban J connectivity index is 1.68. The molecule has 1 aromatic heterocycles. The second-order valence-electron chi connectivity index (χ2n) is 6.87. The Morgan fingerprint density at radius 3 is 2.56 bits per heavy atom. The standard InChI is InChI=1S/C24H16BrNO6/c1-28-18-7-5-13(10-21(18)29-2)20-12-16(15-11-14(25)6-8-17(15)31-20)22-24(27)32-23(26-22)19-4-3-9-30-19/h3-12H,1-2H3. The molecule has 0 N–H and O–H groups in total. The lowest BCUT2D eigenvalue weighted by atomic mass is 9.97. The number of rotatable bonds is 4. The number of cyclic esters (lactones) is 1. The number of methoxy groups -OCH3 is 2. The summed E-state index contributed by atoms with van der Waals surface area (Å²) in [6, 6.07) is 14.4. The fourth-order valence-corrected chi connectivity index (χ4v) is 3.83. The van der Waals surface area contributed by atoms with E-state index < -0.39 is 5.97 Å². The molecule has 2 aliphatic heterocycles. The Labute approximate surface area is 191 Å². The molecule has 3 heterocycles. The molecule has 32 heavy (non-hydrogen) atoms. The van der Waals surface area contributed by atoms with Crippen molar-refractivity contribution >= 4 is 39.1 Å². The van der Waals surface area contributed by atoms with Crippen molar-refractivity contribution in [1.82, 2.24) is 0 Å². The summed E-state index contributed by atoms with van der Waals surface area (Å²) in [5, 5.41) is 0. The Bertz CT molecular complexity index is 1320. The first kappa shape index (κ1) is 20.1. The minimum absolute atomic E-state index is 0.117. The highest BCUT2D eigenvalue weighted by atomic mass is 79.9. The van der Waals surface area contributed by atoms with Crippen LogP contribution < -0.4 is 14.2 Å². The van der Waals surface area contributed by atoms with Gasteiger partial charge in [0, 0.05) is 21.2 Å².